The number of nitrogens with one attached hydrogen (secondary N) is 1. The number of carbonyl (C=O) groups is 1. The van der Waals surface area contributed by atoms with Gasteiger partial charge in [-0.1, -0.05) is 43.8 Å². The smallest absolute Gasteiger partial charge is 0.237 e. The maximum absolute atomic E-state index is 12.3. The molecule has 0 aliphatic carbocycles. The van der Waals surface area contributed by atoms with Crippen molar-refractivity contribution < 1.29 is 9.32 Å². The summed E-state index contributed by atoms with van der Waals surface area (Å²) in [5.41, 5.74) is 1.53. The Hall–Kier alpha value is -2.94. The topological polar surface area (TPSA) is 98.7 Å². The van der Waals surface area contributed by atoms with E-state index in [2.05, 4.69) is 32.2 Å². The molecule has 9 heteroatoms. The monoisotopic (exact) mass is 398 g/mol. The minimum atomic E-state index is -0.208. The van der Waals surface area contributed by atoms with Gasteiger partial charge in [0.25, 0.3) is 0 Å². The fourth-order valence-corrected chi connectivity index (χ4v) is 3.14. The van der Waals surface area contributed by atoms with Crippen molar-refractivity contribution in [2.75, 3.05) is 11.1 Å². The molecule has 0 atom stereocenters. The van der Waals surface area contributed by atoms with E-state index in [1.807, 2.05) is 37.5 Å². The Morgan fingerprint density at radius 1 is 1.32 bits per heavy atom. The molecule has 0 radical (unpaired) electrons. The number of hydrogen-bond acceptors (Lipinski definition) is 7. The first-order valence-electron chi connectivity index (χ1n) is 8.73. The van der Waals surface area contributed by atoms with E-state index in [0.29, 0.717) is 23.4 Å². The van der Waals surface area contributed by atoms with Gasteiger partial charge in [-0.3, -0.25) is 19.7 Å². The molecule has 1 N–H and O–H groups in total. The van der Waals surface area contributed by atoms with Crippen molar-refractivity contribution in [3.8, 4) is 11.4 Å². The van der Waals surface area contributed by atoms with Gasteiger partial charge in [-0.05, 0) is 12.1 Å². The molecule has 3 heterocycles. The van der Waals surface area contributed by atoms with Crippen LogP contribution in [-0.4, -0.2) is 36.6 Å². The van der Waals surface area contributed by atoms with Crippen LogP contribution < -0.4 is 5.32 Å². The highest BCUT2D eigenvalue weighted by atomic mass is 32.2. The van der Waals surface area contributed by atoms with Gasteiger partial charge in [0, 0.05) is 36.0 Å². The highest BCUT2D eigenvalue weighted by molar-refractivity contribution is 7.99. The Labute approximate surface area is 167 Å². The zero-order chi connectivity index (χ0) is 20.1. The van der Waals surface area contributed by atoms with Crippen molar-refractivity contribution in [3.05, 3.63) is 48.9 Å². The average Bonchev–Trinajstić information content (AvgIpc) is 3.28. The summed E-state index contributed by atoms with van der Waals surface area (Å²) in [6.07, 6.45) is 5.16. The van der Waals surface area contributed by atoms with Crippen LogP contribution in [0.4, 0.5) is 5.88 Å². The van der Waals surface area contributed by atoms with Gasteiger partial charge in [-0.15, -0.1) is 16.8 Å². The molecule has 0 aromatic carbocycles. The predicted molar refractivity (Wildman–Crippen MR) is 108 cm³/mol. The number of hydrogen-bond donors (Lipinski definition) is 1. The van der Waals surface area contributed by atoms with E-state index in [9.17, 15) is 4.79 Å². The van der Waals surface area contributed by atoms with Crippen LogP contribution in [0.2, 0.25) is 0 Å². The molecule has 0 bridgehead atoms. The summed E-state index contributed by atoms with van der Waals surface area (Å²) in [5.74, 6) is 0.994. The minimum Gasteiger partial charge on any atom is -0.338 e. The lowest BCUT2D eigenvalue weighted by molar-refractivity contribution is -0.113. The van der Waals surface area contributed by atoms with Crippen molar-refractivity contribution in [2.24, 2.45) is 0 Å². The molecule has 0 aliphatic rings. The maximum atomic E-state index is 12.3. The highest BCUT2D eigenvalue weighted by Gasteiger charge is 2.20. The first-order valence-corrected chi connectivity index (χ1v) is 9.71. The van der Waals surface area contributed by atoms with E-state index >= 15 is 0 Å². The molecular weight excluding hydrogens is 376 g/mol. The Bertz CT molecular complexity index is 958. The first-order chi connectivity index (χ1) is 13.4. The predicted octanol–water partition coefficient (Wildman–Crippen LogP) is 3.54. The normalized spacial score (nSPS) is 11.4. The second-order valence-corrected chi connectivity index (χ2v) is 8.05. The molecule has 0 spiro atoms. The van der Waals surface area contributed by atoms with Gasteiger partial charge in [0.15, 0.2) is 11.0 Å². The number of thioether (sulfide) groups is 1. The summed E-state index contributed by atoms with van der Waals surface area (Å²) in [6, 6.07) is 5.47. The molecule has 0 saturated carbocycles. The fraction of sp³-hybridized carbons (Fsp3) is 0.316. The number of amides is 1. The van der Waals surface area contributed by atoms with Gasteiger partial charge in [0.05, 0.1) is 11.4 Å². The summed E-state index contributed by atoms with van der Waals surface area (Å²) in [7, 11) is 0. The number of carbonyl (C=O) groups excluding carboxylic acids is 1. The van der Waals surface area contributed by atoms with E-state index in [1.165, 1.54) is 11.8 Å². The van der Waals surface area contributed by atoms with E-state index in [0.717, 1.165) is 11.3 Å². The summed E-state index contributed by atoms with van der Waals surface area (Å²) in [6.45, 7) is 10.4. The van der Waals surface area contributed by atoms with Crippen LogP contribution in [0.25, 0.3) is 11.4 Å². The van der Waals surface area contributed by atoms with Gasteiger partial charge < -0.3 is 4.52 Å². The van der Waals surface area contributed by atoms with Crippen molar-refractivity contribution in [2.45, 2.75) is 37.9 Å². The van der Waals surface area contributed by atoms with Crippen LogP contribution in [0.1, 0.15) is 26.5 Å². The number of nitrogens with zero attached hydrogens (tertiary/aromatic N) is 5. The van der Waals surface area contributed by atoms with E-state index in [1.54, 1.807) is 24.5 Å². The summed E-state index contributed by atoms with van der Waals surface area (Å²) in [4.78, 5) is 16.3. The van der Waals surface area contributed by atoms with Crippen LogP contribution in [-0.2, 0) is 16.8 Å². The lowest BCUT2D eigenvalue weighted by Gasteiger charge is -2.12. The number of allylic oxidation sites excluding steroid dienone is 1. The van der Waals surface area contributed by atoms with Gasteiger partial charge in [0.1, 0.15) is 0 Å². The molecule has 1 amide bonds. The SMILES string of the molecule is C=CCn1c(SCC(=O)Nc2cc(C(C)(C)C)no2)nnc1-c1ccncc1. The van der Waals surface area contributed by atoms with Gasteiger partial charge >= 0.3 is 0 Å². The Kier molecular flexibility index (Phi) is 5.93. The van der Waals surface area contributed by atoms with E-state index < -0.39 is 0 Å². The third-order valence-electron chi connectivity index (χ3n) is 3.84. The van der Waals surface area contributed by atoms with E-state index in [-0.39, 0.29) is 17.1 Å². The van der Waals surface area contributed by atoms with Crippen molar-refractivity contribution >= 4 is 23.6 Å². The van der Waals surface area contributed by atoms with E-state index in [4.69, 9.17) is 4.52 Å². The van der Waals surface area contributed by atoms with Crippen LogP contribution in [0, 0.1) is 0 Å². The summed E-state index contributed by atoms with van der Waals surface area (Å²) in [5, 5.41) is 15.8. The molecule has 3 rings (SSSR count). The number of anilines is 1. The number of rotatable bonds is 7. The van der Waals surface area contributed by atoms with Crippen molar-refractivity contribution in [1.29, 1.82) is 0 Å². The van der Waals surface area contributed by atoms with Crippen LogP contribution in [0.5, 0.6) is 0 Å². The maximum Gasteiger partial charge on any atom is 0.237 e. The largest absolute Gasteiger partial charge is 0.338 e. The molecule has 0 unspecified atom stereocenters. The Morgan fingerprint density at radius 3 is 2.71 bits per heavy atom. The second-order valence-electron chi connectivity index (χ2n) is 7.10. The molecule has 3 aromatic heterocycles. The lowest BCUT2D eigenvalue weighted by Crippen LogP contribution is -2.14. The van der Waals surface area contributed by atoms with Crippen LogP contribution in [0.3, 0.4) is 0 Å². The average molecular weight is 398 g/mol. The summed E-state index contributed by atoms with van der Waals surface area (Å²) >= 11 is 1.29. The molecule has 0 saturated heterocycles. The van der Waals surface area contributed by atoms with Crippen LogP contribution >= 0.6 is 11.8 Å². The Balaban J connectivity index is 1.67. The number of aromatic nitrogens is 5. The van der Waals surface area contributed by atoms with Crippen LogP contribution in [0.15, 0.2) is 52.9 Å². The Morgan fingerprint density at radius 2 is 2.07 bits per heavy atom. The van der Waals surface area contributed by atoms with Gasteiger partial charge in [-0.2, -0.15) is 0 Å². The highest BCUT2D eigenvalue weighted by Crippen LogP contribution is 2.25. The van der Waals surface area contributed by atoms with Crippen molar-refractivity contribution in [3.63, 3.8) is 0 Å². The molecule has 0 fully saturated rings. The number of pyridine rings is 1. The standard InChI is InChI=1S/C19H22N6O2S/c1-5-10-25-17(13-6-8-20-9-7-13)22-23-18(25)28-12-15(26)21-16-11-14(24-27-16)19(2,3)4/h5-9,11H,1,10,12H2,2-4H3,(H,21,26). The third-order valence-corrected chi connectivity index (χ3v) is 4.81. The zero-order valence-corrected chi connectivity index (χ0v) is 16.9. The quantitative estimate of drug-likeness (QED) is 0.480. The first kappa shape index (κ1) is 19.8. The lowest BCUT2D eigenvalue weighted by atomic mass is 9.92. The molecule has 0 aliphatic heterocycles. The van der Waals surface area contributed by atoms with Gasteiger partial charge in [0.2, 0.25) is 11.8 Å². The molecule has 3 aromatic rings. The second kappa shape index (κ2) is 8.39. The molecule has 8 nitrogen and oxygen atoms in total. The molecule has 28 heavy (non-hydrogen) atoms. The molecular formula is C19H22N6O2S. The fourth-order valence-electron chi connectivity index (χ4n) is 2.39. The van der Waals surface area contributed by atoms with Gasteiger partial charge in [-0.25, -0.2) is 0 Å². The zero-order valence-electron chi connectivity index (χ0n) is 16.0. The molecule has 146 valence electrons. The third kappa shape index (κ3) is 4.66. The minimum absolute atomic E-state index is 0.147. The summed E-state index contributed by atoms with van der Waals surface area (Å²) < 4.78 is 7.10. The van der Waals surface area contributed by atoms with Crippen molar-refractivity contribution in [1.82, 2.24) is 24.9 Å².